The zero-order valence-electron chi connectivity index (χ0n) is 16.2. The predicted molar refractivity (Wildman–Crippen MR) is 113 cm³/mol. The fourth-order valence-corrected chi connectivity index (χ4v) is 2.86. The maximum absolute atomic E-state index is 12.4. The first kappa shape index (κ1) is 19.4. The molecule has 0 fully saturated rings. The van der Waals surface area contributed by atoms with Crippen LogP contribution < -0.4 is 10.6 Å². The van der Waals surface area contributed by atoms with Crippen molar-refractivity contribution in [2.75, 3.05) is 11.9 Å². The molecule has 142 valence electrons. The fourth-order valence-electron chi connectivity index (χ4n) is 2.86. The Morgan fingerprint density at radius 3 is 2.04 bits per heavy atom. The van der Waals surface area contributed by atoms with Gasteiger partial charge < -0.3 is 10.6 Å². The molecule has 2 N–H and O–H groups in total. The van der Waals surface area contributed by atoms with E-state index in [2.05, 4.69) is 10.6 Å². The van der Waals surface area contributed by atoms with Crippen molar-refractivity contribution < 1.29 is 9.59 Å². The van der Waals surface area contributed by atoms with Crippen molar-refractivity contribution in [3.05, 3.63) is 101 Å². The highest BCUT2D eigenvalue weighted by molar-refractivity contribution is 6.05. The Kier molecular flexibility index (Phi) is 6.22. The van der Waals surface area contributed by atoms with Crippen LogP contribution in [0.5, 0.6) is 0 Å². The molecule has 28 heavy (non-hydrogen) atoms. The summed E-state index contributed by atoms with van der Waals surface area (Å²) in [4.78, 5) is 24.7. The van der Waals surface area contributed by atoms with Gasteiger partial charge in [0.2, 0.25) is 0 Å². The average Bonchev–Trinajstić information content (AvgIpc) is 2.71. The Balaban J connectivity index is 1.55. The minimum absolute atomic E-state index is 0.142. The zero-order valence-corrected chi connectivity index (χ0v) is 16.2. The van der Waals surface area contributed by atoms with Crippen molar-refractivity contribution in [3.8, 4) is 0 Å². The summed E-state index contributed by atoms with van der Waals surface area (Å²) in [7, 11) is 0. The highest BCUT2D eigenvalue weighted by atomic mass is 16.2. The molecule has 0 atom stereocenters. The lowest BCUT2D eigenvalue weighted by atomic mass is 10.1. The number of hydrogen-bond donors (Lipinski definition) is 2. The maximum Gasteiger partial charge on any atom is 0.255 e. The Bertz CT molecular complexity index is 964. The monoisotopic (exact) mass is 372 g/mol. The van der Waals surface area contributed by atoms with Gasteiger partial charge >= 0.3 is 0 Å². The van der Waals surface area contributed by atoms with Gasteiger partial charge in [0.15, 0.2) is 0 Å². The SMILES string of the molecule is Cc1ccc(NC(=O)c2ccc(C(=O)NCCc3ccccc3)cc2)cc1C. The summed E-state index contributed by atoms with van der Waals surface area (Å²) in [6.45, 7) is 4.61. The van der Waals surface area contributed by atoms with Crippen LogP contribution in [0.25, 0.3) is 0 Å². The van der Waals surface area contributed by atoms with Gasteiger partial charge in [-0.25, -0.2) is 0 Å². The summed E-state index contributed by atoms with van der Waals surface area (Å²) >= 11 is 0. The van der Waals surface area contributed by atoms with E-state index in [0.717, 1.165) is 17.7 Å². The van der Waals surface area contributed by atoms with E-state index in [-0.39, 0.29) is 11.8 Å². The Labute approximate surface area is 165 Å². The number of benzene rings is 3. The fraction of sp³-hybridized carbons (Fsp3) is 0.167. The molecular formula is C24H24N2O2. The standard InChI is InChI=1S/C24H24N2O2/c1-17-8-13-22(16-18(17)2)26-24(28)21-11-9-20(10-12-21)23(27)25-15-14-19-6-4-3-5-7-19/h3-13,16H,14-15H2,1-2H3,(H,25,27)(H,26,28). The van der Waals surface area contributed by atoms with Gasteiger partial charge in [0.25, 0.3) is 11.8 Å². The van der Waals surface area contributed by atoms with Crippen LogP contribution in [0.2, 0.25) is 0 Å². The number of aryl methyl sites for hydroxylation is 2. The van der Waals surface area contributed by atoms with Crippen LogP contribution in [-0.4, -0.2) is 18.4 Å². The van der Waals surface area contributed by atoms with Gasteiger partial charge in [0, 0.05) is 23.4 Å². The van der Waals surface area contributed by atoms with Crippen LogP contribution in [0, 0.1) is 13.8 Å². The third kappa shape index (κ3) is 5.07. The molecule has 0 saturated heterocycles. The van der Waals surface area contributed by atoms with Crippen molar-refractivity contribution in [2.45, 2.75) is 20.3 Å². The first-order valence-electron chi connectivity index (χ1n) is 9.34. The molecule has 0 bridgehead atoms. The van der Waals surface area contributed by atoms with Crippen molar-refractivity contribution >= 4 is 17.5 Å². The summed E-state index contributed by atoms with van der Waals surface area (Å²) < 4.78 is 0. The van der Waals surface area contributed by atoms with E-state index < -0.39 is 0 Å². The summed E-state index contributed by atoms with van der Waals surface area (Å²) in [5.74, 6) is -0.337. The van der Waals surface area contributed by atoms with E-state index in [0.29, 0.717) is 17.7 Å². The molecule has 4 heteroatoms. The van der Waals surface area contributed by atoms with Gasteiger partial charge in [-0.1, -0.05) is 36.4 Å². The topological polar surface area (TPSA) is 58.2 Å². The molecule has 0 radical (unpaired) electrons. The first-order valence-corrected chi connectivity index (χ1v) is 9.34. The molecule has 3 aromatic carbocycles. The first-order chi connectivity index (χ1) is 13.5. The van der Waals surface area contributed by atoms with Gasteiger partial charge in [0.05, 0.1) is 0 Å². The lowest BCUT2D eigenvalue weighted by Crippen LogP contribution is -2.25. The number of nitrogens with one attached hydrogen (secondary N) is 2. The molecule has 0 spiro atoms. The molecule has 0 aliphatic rings. The van der Waals surface area contributed by atoms with Crippen LogP contribution in [0.4, 0.5) is 5.69 Å². The quantitative estimate of drug-likeness (QED) is 0.668. The van der Waals surface area contributed by atoms with E-state index in [1.807, 2.05) is 62.4 Å². The minimum atomic E-state index is -0.195. The number of carbonyl (C=O) groups excluding carboxylic acids is 2. The van der Waals surface area contributed by atoms with Crippen molar-refractivity contribution in [2.24, 2.45) is 0 Å². The molecule has 3 aromatic rings. The molecule has 0 aliphatic heterocycles. The normalized spacial score (nSPS) is 10.4. The molecule has 4 nitrogen and oxygen atoms in total. The van der Waals surface area contributed by atoms with E-state index in [1.54, 1.807) is 24.3 Å². The smallest absolute Gasteiger partial charge is 0.255 e. The second kappa shape index (κ2) is 9.00. The summed E-state index contributed by atoms with van der Waals surface area (Å²) in [5, 5.41) is 5.80. The van der Waals surface area contributed by atoms with Crippen LogP contribution in [0.3, 0.4) is 0 Å². The summed E-state index contributed by atoms with van der Waals surface area (Å²) in [5.41, 5.74) is 5.30. The van der Waals surface area contributed by atoms with Crippen LogP contribution in [-0.2, 0) is 6.42 Å². The van der Waals surface area contributed by atoms with E-state index in [1.165, 1.54) is 11.1 Å². The molecule has 0 aliphatic carbocycles. The van der Waals surface area contributed by atoms with Gasteiger partial charge in [-0.3, -0.25) is 9.59 Å². The van der Waals surface area contributed by atoms with Gasteiger partial charge in [-0.2, -0.15) is 0 Å². The Morgan fingerprint density at radius 1 is 0.750 bits per heavy atom. The largest absolute Gasteiger partial charge is 0.352 e. The molecule has 0 unspecified atom stereocenters. The van der Waals surface area contributed by atoms with Crippen LogP contribution in [0.15, 0.2) is 72.8 Å². The highest BCUT2D eigenvalue weighted by Crippen LogP contribution is 2.15. The lowest BCUT2D eigenvalue weighted by molar-refractivity contribution is 0.0952. The van der Waals surface area contributed by atoms with Crippen molar-refractivity contribution in [3.63, 3.8) is 0 Å². The maximum atomic E-state index is 12.4. The average molecular weight is 372 g/mol. The molecule has 0 heterocycles. The molecule has 2 amide bonds. The number of carbonyl (C=O) groups is 2. The van der Waals surface area contributed by atoms with Gasteiger partial charge in [-0.15, -0.1) is 0 Å². The minimum Gasteiger partial charge on any atom is -0.352 e. The van der Waals surface area contributed by atoms with Crippen molar-refractivity contribution in [1.82, 2.24) is 5.32 Å². The van der Waals surface area contributed by atoms with E-state index >= 15 is 0 Å². The van der Waals surface area contributed by atoms with Gasteiger partial charge in [-0.05, 0) is 73.4 Å². The molecule has 0 aromatic heterocycles. The number of hydrogen-bond acceptors (Lipinski definition) is 2. The molecular weight excluding hydrogens is 348 g/mol. The van der Waals surface area contributed by atoms with E-state index in [9.17, 15) is 9.59 Å². The summed E-state index contributed by atoms with van der Waals surface area (Å²) in [6.07, 6.45) is 0.781. The van der Waals surface area contributed by atoms with Gasteiger partial charge in [0.1, 0.15) is 0 Å². The third-order valence-electron chi connectivity index (χ3n) is 4.72. The lowest BCUT2D eigenvalue weighted by Gasteiger charge is -2.09. The predicted octanol–water partition coefficient (Wildman–Crippen LogP) is 4.53. The van der Waals surface area contributed by atoms with Crippen LogP contribution >= 0.6 is 0 Å². The van der Waals surface area contributed by atoms with E-state index in [4.69, 9.17) is 0 Å². The number of anilines is 1. The number of amides is 2. The summed E-state index contributed by atoms with van der Waals surface area (Å²) in [6, 6.07) is 22.5. The number of rotatable bonds is 6. The third-order valence-corrected chi connectivity index (χ3v) is 4.72. The second-order valence-electron chi connectivity index (χ2n) is 6.82. The molecule has 0 saturated carbocycles. The van der Waals surface area contributed by atoms with Crippen LogP contribution in [0.1, 0.15) is 37.4 Å². The zero-order chi connectivity index (χ0) is 19.9. The Morgan fingerprint density at radius 2 is 1.39 bits per heavy atom. The second-order valence-corrected chi connectivity index (χ2v) is 6.82. The molecule has 3 rings (SSSR count). The highest BCUT2D eigenvalue weighted by Gasteiger charge is 2.09. The Hall–Kier alpha value is -3.40. The van der Waals surface area contributed by atoms with Crippen molar-refractivity contribution in [1.29, 1.82) is 0 Å².